The summed E-state index contributed by atoms with van der Waals surface area (Å²) in [5.41, 5.74) is 14.3. The summed E-state index contributed by atoms with van der Waals surface area (Å²) < 4.78 is 27.8. The monoisotopic (exact) mass is 998 g/mol. The molecule has 0 radical (unpaired) electrons. The van der Waals surface area contributed by atoms with Gasteiger partial charge in [-0.05, 0) is 104 Å². The molecule has 1 N–H and O–H groups in total. The fourth-order valence-electron chi connectivity index (χ4n) is 8.13. The summed E-state index contributed by atoms with van der Waals surface area (Å²) in [6.45, 7) is 19.4. The van der Waals surface area contributed by atoms with E-state index >= 15 is 0 Å². The Labute approximate surface area is 387 Å². The number of rotatable bonds is 8. The van der Waals surface area contributed by atoms with Crippen molar-refractivity contribution in [2.45, 2.75) is 98.8 Å². The van der Waals surface area contributed by atoms with E-state index in [0.717, 1.165) is 66.8 Å². The van der Waals surface area contributed by atoms with E-state index in [1.807, 2.05) is 65.4 Å². The van der Waals surface area contributed by atoms with Crippen LogP contribution in [0.4, 0.5) is 0 Å². The minimum atomic E-state index is -2.38. The summed E-state index contributed by atoms with van der Waals surface area (Å²) in [7, 11) is 0. The second-order valence-corrected chi connectivity index (χ2v) is 19.1. The Morgan fingerprint density at radius 2 is 1.32 bits per heavy atom. The summed E-state index contributed by atoms with van der Waals surface area (Å²) in [5, 5.41) is 12.2. The first kappa shape index (κ1) is 40.5. The van der Waals surface area contributed by atoms with Crippen molar-refractivity contribution in [3.8, 4) is 67.5 Å². The van der Waals surface area contributed by atoms with Crippen molar-refractivity contribution < 1.29 is 30.3 Å². The first-order valence-electron chi connectivity index (χ1n) is 22.9. The molecule has 0 atom stereocenters. The molecule has 0 spiro atoms. The van der Waals surface area contributed by atoms with Crippen molar-refractivity contribution in [2.75, 3.05) is 0 Å². The van der Waals surface area contributed by atoms with Gasteiger partial charge in [-0.15, -0.1) is 29.3 Å². The molecule has 2 heterocycles. The number of aryl methyl sites for hydroxylation is 1. The summed E-state index contributed by atoms with van der Waals surface area (Å²) in [6.07, 6.45) is 1.87. The molecule has 0 unspecified atom stereocenters. The number of phenolic OH excluding ortho intramolecular Hbond substituents is 1. The molecular weight excluding hydrogens is 938 g/mol. The predicted molar refractivity (Wildman–Crippen MR) is 257 cm³/mol. The van der Waals surface area contributed by atoms with E-state index in [9.17, 15) is 5.11 Å². The maximum atomic E-state index is 12.2. The SMILES string of the molecule is [2H]C([2H])([2H])c1cc(-c2ccccc2)cc(-n2c(-c3cc(C(C)C)cc(C(C)C)c3O)nc3c(-c4[c-]c(-c5cc(-c6ccc(C(C)(C)C)cc6)ccn5)cc(C(C)(C)C)c4)cccc32)c1.[Pt]. The molecule has 4 nitrogen and oxygen atoms in total. The molecular formula is C57H58N3OPt-. The Hall–Kier alpha value is -5.57. The Morgan fingerprint density at radius 1 is 0.629 bits per heavy atom. The number of pyridine rings is 1. The van der Waals surface area contributed by atoms with E-state index < -0.39 is 6.85 Å². The third-order valence-corrected chi connectivity index (χ3v) is 11.8. The molecule has 0 aliphatic carbocycles. The third kappa shape index (κ3) is 8.86. The summed E-state index contributed by atoms with van der Waals surface area (Å²) in [4.78, 5) is 10.4. The van der Waals surface area contributed by atoms with E-state index in [4.69, 9.17) is 14.1 Å². The number of fused-ring (bicyclic) bond motifs is 1. The number of hydrogen-bond donors (Lipinski definition) is 1. The maximum Gasteiger partial charge on any atom is 0.148 e. The van der Waals surface area contributed by atoms with Crippen LogP contribution in [0.15, 0.2) is 134 Å². The summed E-state index contributed by atoms with van der Waals surface area (Å²) in [6, 6.07) is 46.7. The van der Waals surface area contributed by atoms with Crippen molar-refractivity contribution >= 4 is 11.0 Å². The van der Waals surface area contributed by atoms with Crippen molar-refractivity contribution in [1.29, 1.82) is 0 Å². The second-order valence-electron chi connectivity index (χ2n) is 19.1. The molecule has 2 aromatic heterocycles. The van der Waals surface area contributed by atoms with E-state index in [2.05, 4.69) is 136 Å². The first-order valence-corrected chi connectivity index (χ1v) is 21.4. The molecule has 8 rings (SSSR count). The van der Waals surface area contributed by atoms with Crippen LogP contribution in [-0.2, 0) is 31.9 Å². The van der Waals surface area contributed by atoms with Crippen LogP contribution in [0, 0.1) is 12.9 Å². The average Bonchev–Trinajstić information content (AvgIpc) is 3.65. The molecule has 6 aromatic carbocycles. The number of para-hydroxylation sites is 1. The average molecular weight is 999 g/mol. The van der Waals surface area contributed by atoms with Crippen molar-refractivity contribution in [1.82, 2.24) is 14.5 Å². The Balaban J connectivity index is 0.00000630. The molecule has 8 aromatic rings. The van der Waals surface area contributed by atoms with Crippen molar-refractivity contribution in [3.05, 3.63) is 167 Å². The van der Waals surface area contributed by atoms with Gasteiger partial charge in [0.15, 0.2) is 0 Å². The first-order chi connectivity index (χ1) is 30.2. The molecule has 5 heteroatoms. The molecule has 0 saturated heterocycles. The molecule has 0 bridgehead atoms. The van der Waals surface area contributed by atoms with E-state index in [0.29, 0.717) is 22.6 Å². The predicted octanol–water partition coefficient (Wildman–Crippen LogP) is 15.4. The second kappa shape index (κ2) is 17.3. The largest absolute Gasteiger partial charge is 0.507 e. The zero-order valence-corrected chi connectivity index (χ0v) is 39.7. The molecule has 0 aliphatic rings. The number of hydrogen-bond acceptors (Lipinski definition) is 3. The van der Waals surface area contributed by atoms with Crippen LogP contribution < -0.4 is 0 Å². The van der Waals surface area contributed by atoms with Crippen LogP contribution in [0.3, 0.4) is 0 Å². The van der Waals surface area contributed by atoms with Gasteiger partial charge in [-0.1, -0.05) is 165 Å². The van der Waals surface area contributed by atoms with Gasteiger partial charge in [-0.25, -0.2) is 4.98 Å². The smallest absolute Gasteiger partial charge is 0.148 e. The zero-order valence-electron chi connectivity index (χ0n) is 40.5. The number of phenols is 1. The molecule has 0 amide bonds. The Morgan fingerprint density at radius 3 is 1.98 bits per heavy atom. The van der Waals surface area contributed by atoms with Gasteiger partial charge in [-0.3, -0.25) is 9.55 Å². The van der Waals surface area contributed by atoms with Crippen LogP contribution >= 0.6 is 0 Å². The topological polar surface area (TPSA) is 50.9 Å². The minimum Gasteiger partial charge on any atom is -0.507 e. The number of aromatic nitrogens is 3. The fraction of sp³-hybridized carbons (Fsp3) is 0.263. The van der Waals surface area contributed by atoms with Crippen LogP contribution in [0.25, 0.3) is 72.7 Å². The number of aromatic hydroxyl groups is 1. The number of benzene rings is 6. The van der Waals surface area contributed by atoms with Gasteiger partial charge in [0, 0.05) is 42.8 Å². The van der Waals surface area contributed by atoms with E-state index in [-0.39, 0.29) is 55.0 Å². The quantitative estimate of drug-likeness (QED) is 0.154. The van der Waals surface area contributed by atoms with Gasteiger partial charge in [0.1, 0.15) is 11.6 Å². The van der Waals surface area contributed by atoms with Crippen LogP contribution in [0.1, 0.15) is 113 Å². The molecule has 0 aliphatic heterocycles. The van der Waals surface area contributed by atoms with Crippen molar-refractivity contribution in [2.24, 2.45) is 0 Å². The summed E-state index contributed by atoms with van der Waals surface area (Å²) >= 11 is 0. The Kier molecular flexibility index (Phi) is 11.3. The minimum absolute atomic E-state index is 0. The van der Waals surface area contributed by atoms with Gasteiger partial charge in [0.05, 0.1) is 16.6 Å². The zero-order chi connectivity index (χ0) is 45.9. The summed E-state index contributed by atoms with van der Waals surface area (Å²) in [5.74, 6) is 0.898. The van der Waals surface area contributed by atoms with Gasteiger partial charge in [0.2, 0.25) is 0 Å². The van der Waals surface area contributed by atoms with Gasteiger partial charge in [0.25, 0.3) is 0 Å². The molecule has 318 valence electrons. The van der Waals surface area contributed by atoms with Crippen LogP contribution in [-0.4, -0.2) is 19.6 Å². The van der Waals surface area contributed by atoms with Gasteiger partial charge < -0.3 is 5.11 Å². The van der Waals surface area contributed by atoms with Crippen LogP contribution in [0.5, 0.6) is 5.75 Å². The number of nitrogens with zero attached hydrogens (tertiary/aromatic N) is 3. The van der Waals surface area contributed by atoms with Crippen molar-refractivity contribution in [3.63, 3.8) is 0 Å². The molecule has 0 fully saturated rings. The van der Waals surface area contributed by atoms with Gasteiger partial charge >= 0.3 is 0 Å². The fourth-order valence-corrected chi connectivity index (χ4v) is 8.13. The maximum absolute atomic E-state index is 12.2. The van der Waals surface area contributed by atoms with E-state index in [1.54, 1.807) is 12.1 Å². The normalized spacial score (nSPS) is 12.9. The standard InChI is InChI=1S/C57H58N3O.Pt/c1-35(2)41-32-49(36(3)4)54(61)50(33-41)55-59-53-48(18-15-19-52(53)60(55)47-27-37(5)26-42(31-47)38-16-13-12-14-17-38)43-28-44(30-46(29-43)57(9,10)11)51-34-40(24-25-58-51)39-20-22-45(23-21-39)56(6,7)8;/h12-27,29-36,61H,1-11H3;/q-1;/i5D3;. The van der Waals surface area contributed by atoms with E-state index in [1.165, 1.54) is 5.56 Å². The molecule has 62 heavy (non-hydrogen) atoms. The third-order valence-electron chi connectivity index (χ3n) is 11.8. The van der Waals surface area contributed by atoms with Crippen LogP contribution in [0.2, 0.25) is 0 Å². The van der Waals surface area contributed by atoms with Gasteiger partial charge in [-0.2, -0.15) is 0 Å². The number of imidazole rings is 1. The molecule has 0 saturated carbocycles. The Bertz CT molecular complexity index is 3010.